The van der Waals surface area contributed by atoms with Crippen LogP contribution in [0.5, 0.6) is 0 Å². The minimum atomic E-state index is -0.690. The minimum Gasteiger partial charge on any atom is -0.352 e. The van der Waals surface area contributed by atoms with Gasteiger partial charge in [-0.25, -0.2) is 4.39 Å². The summed E-state index contributed by atoms with van der Waals surface area (Å²) in [6.07, 6.45) is 0.907. The fraction of sp³-hybridized carbons (Fsp3) is 0.429. The van der Waals surface area contributed by atoms with Gasteiger partial charge in [0.05, 0.1) is 0 Å². The van der Waals surface area contributed by atoms with Crippen molar-refractivity contribution in [2.45, 2.75) is 26.3 Å². The molecule has 0 aliphatic heterocycles. The Balaban J connectivity index is 2.55. The van der Waals surface area contributed by atoms with Crippen molar-refractivity contribution in [3.8, 4) is 0 Å². The summed E-state index contributed by atoms with van der Waals surface area (Å²) in [5.41, 5.74) is 1.65. The molecule has 0 saturated carbocycles. The first-order valence-corrected chi connectivity index (χ1v) is 6.32. The lowest BCUT2D eigenvalue weighted by molar-refractivity contribution is -0.122. The number of amides is 2. The van der Waals surface area contributed by atoms with Crippen molar-refractivity contribution in [2.24, 2.45) is 0 Å². The molecule has 0 saturated heterocycles. The zero-order chi connectivity index (χ0) is 14.3. The molecule has 19 heavy (non-hydrogen) atoms. The maximum Gasteiger partial charge on any atom is 0.251 e. The van der Waals surface area contributed by atoms with Crippen LogP contribution in [0.15, 0.2) is 24.3 Å². The Morgan fingerprint density at radius 1 is 1.26 bits per heavy atom. The molecule has 1 aromatic rings. The number of benzene rings is 1. The fourth-order valence-electron chi connectivity index (χ4n) is 1.56. The van der Waals surface area contributed by atoms with Gasteiger partial charge in [-0.05, 0) is 31.0 Å². The summed E-state index contributed by atoms with van der Waals surface area (Å²) in [4.78, 5) is 23.3. The molecule has 1 rings (SSSR count). The molecule has 0 aromatic heterocycles. The lowest BCUT2D eigenvalue weighted by Gasteiger charge is -2.13. The van der Waals surface area contributed by atoms with E-state index in [2.05, 4.69) is 10.6 Å². The number of hydrogen-bond acceptors (Lipinski definition) is 2. The second-order valence-corrected chi connectivity index (χ2v) is 4.23. The number of aryl methyl sites for hydroxylation is 1. The van der Waals surface area contributed by atoms with Crippen molar-refractivity contribution in [2.75, 3.05) is 13.2 Å². The SMILES string of the molecule is CCc1ccc(C(=O)N[C@H](C)C(=O)NCCF)cc1. The van der Waals surface area contributed by atoms with Crippen molar-refractivity contribution < 1.29 is 14.0 Å². The van der Waals surface area contributed by atoms with Crippen molar-refractivity contribution in [1.82, 2.24) is 10.6 Å². The number of hydrogen-bond donors (Lipinski definition) is 2. The molecule has 1 atom stereocenters. The average Bonchev–Trinajstić information content (AvgIpc) is 2.44. The van der Waals surface area contributed by atoms with Crippen LogP contribution in [0.3, 0.4) is 0 Å². The van der Waals surface area contributed by atoms with Gasteiger partial charge in [0, 0.05) is 12.1 Å². The van der Waals surface area contributed by atoms with Crippen LogP contribution in [0.1, 0.15) is 29.8 Å². The Kier molecular flexibility index (Phi) is 5.99. The summed E-state index contributed by atoms with van der Waals surface area (Å²) < 4.78 is 11.9. The molecule has 0 bridgehead atoms. The maximum absolute atomic E-state index is 11.9. The van der Waals surface area contributed by atoms with Gasteiger partial charge < -0.3 is 10.6 Å². The van der Waals surface area contributed by atoms with Crippen LogP contribution in [0.25, 0.3) is 0 Å². The normalized spacial score (nSPS) is 11.7. The maximum atomic E-state index is 11.9. The van der Waals surface area contributed by atoms with E-state index in [0.29, 0.717) is 5.56 Å². The summed E-state index contributed by atoms with van der Waals surface area (Å²) >= 11 is 0. The van der Waals surface area contributed by atoms with E-state index in [-0.39, 0.29) is 12.5 Å². The minimum absolute atomic E-state index is 0.0375. The number of alkyl halides is 1. The highest BCUT2D eigenvalue weighted by Gasteiger charge is 2.15. The van der Waals surface area contributed by atoms with Crippen LogP contribution in [-0.2, 0) is 11.2 Å². The molecule has 0 spiro atoms. The van der Waals surface area contributed by atoms with Gasteiger partial charge in [0.2, 0.25) is 5.91 Å². The number of rotatable bonds is 6. The van der Waals surface area contributed by atoms with Crippen LogP contribution in [-0.4, -0.2) is 31.1 Å². The van der Waals surface area contributed by atoms with Gasteiger partial charge in [-0.2, -0.15) is 0 Å². The van der Waals surface area contributed by atoms with Crippen LogP contribution >= 0.6 is 0 Å². The van der Waals surface area contributed by atoms with E-state index in [0.717, 1.165) is 12.0 Å². The van der Waals surface area contributed by atoms with Crippen LogP contribution in [0, 0.1) is 0 Å². The van der Waals surface area contributed by atoms with Crippen molar-refractivity contribution in [1.29, 1.82) is 0 Å². The number of carbonyl (C=O) groups excluding carboxylic acids is 2. The van der Waals surface area contributed by atoms with Crippen molar-refractivity contribution >= 4 is 11.8 Å². The van der Waals surface area contributed by atoms with Gasteiger partial charge in [0.25, 0.3) is 5.91 Å². The monoisotopic (exact) mass is 266 g/mol. The third-order valence-corrected chi connectivity index (χ3v) is 2.76. The highest BCUT2D eigenvalue weighted by atomic mass is 19.1. The van der Waals surface area contributed by atoms with E-state index < -0.39 is 18.6 Å². The Morgan fingerprint density at radius 3 is 2.42 bits per heavy atom. The third kappa shape index (κ3) is 4.69. The molecule has 5 heteroatoms. The van der Waals surface area contributed by atoms with E-state index in [9.17, 15) is 14.0 Å². The quantitative estimate of drug-likeness (QED) is 0.819. The lowest BCUT2D eigenvalue weighted by Crippen LogP contribution is -2.45. The van der Waals surface area contributed by atoms with Gasteiger partial charge in [-0.3, -0.25) is 9.59 Å². The second kappa shape index (κ2) is 7.51. The first kappa shape index (κ1) is 15.1. The molecule has 0 fully saturated rings. The van der Waals surface area contributed by atoms with E-state index in [1.807, 2.05) is 19.1 Å². The second-order valence-electron chi connectivity index (χ2n) is 4.23. The predicted octanol–water partition coefficient (Wildman–Crippen LogP) is 1.45. The largest absolute Gasteiger partial charge is 0.352 e. The summed E-state index contributed by atoms with van der Waals surface area (Å²) in [5, 5.41) is 4.95. The van der Waals surface area contributed by atoms with E-state index in [1.54, 1.807) is 19.1 Å². The molecule has 1 aromatic carbocycles. The van der Waals surface area contributed by atoms with Gasteiger partial charge in [0.15, 0.2) is 0 Å². The first-order valence-electron chi connectivity index (χ1n) is 6.32. The van der Waals surface area contributed by atoms with Crippen LogP contribution < -0.4 is 10.6 Å². The number of nitrogens with one attached hydrogen (secondary N) is 2. The molecule has 0 heterocycles. The molecule has 2 N–H and O–H groups in total. The highest BCUT2D eigenvalue weighted by molar-refractivity contribution is 5.97. The van der Waals surface area contributed by atoms with E-state index >= 15 is 0 Å². The molecule has 4 nitrogen and oxygen atoms in total. The molecule has 104 valence electrons. The van der Waals surface area contributed by atoms with E-state index in [1.165, 1.54) is 0 Å². The topological polar surface area (TPSA) is 58.2 Å². The Labute approximate surface area is 112 Å². The third-order valence-electron chi connectivity index (χ3n) is 2.76. The Bertz CT molecular complexity index is 432. The standard InChI is InChI=1S/C14H19FN2O2/c1-3-11-4-6-12(7-5-11)14(19)17-10(2)13(18)16-9-8-15/h4-7,10H,3,8-9H2,1-2H3,(H,16,18)(H,17,19)/t10-/m1/s1. The molecular formula is C14H19FN2O2. The number of carbonyl (C=O) groups is 2. The summed E-state index contributed by atoms with van der Waals surface area (Å²) in [5.74, 6) is -0.707. The van der Waals surface area contributed by atoms with Gasteiger partial charge in [-0.1, -0.05) is 19.1 Å². The summed E-state index contributed by atoms with van der Waals surface area (Å²) in [7, 11) is 0. The molecule has 0 aliphatic carbocycles. The average molecular weight is 266 g/mol. The smallest absolute Gasteiger partial charge is 0.251 e. The van der Waals surface area contributed by atoms with Crippen molar-refractivity contribution in [3.63, 3.8) is 0 Å². The summed E-state index contributed by atoms with van der Waals surface area (Å²) in [6.45, 7) is 2.94. The highest BCUT2D eigenvalue weighted by Crippen LogP contribution is 2.05. The zero-order valence-corrected chi connectivity index (χ0v) is 11.2. The Morgan fingerprint density at radius 2 is 1.89 bits per heavy atom. The van der Waals surface area contributed by atoms with Crippen molar-refractivity contribution in [3.05, 3.63) is 35.4 Å². The molecule has 0 aliphatic rings. The molecule has 2 amide bonds. The summed E-state index contributed by atoms with van der Waals surface area (Å²) in [6, 6.07) is 6.51. The predicted molar refractivity (Wildman–Crippen MR) is 71.7 cm³/mol. The fourth-order valence-corrected chi connectivity index (χ4v) is 1.56. The van der Waals surface area contributed by atoms with E-state index in [4.69, 9.17) is 0 Å². The number of halogens is 1. The first-order chi connectivity index (χ1) is 9.08. The van der Waals surface area contributed by atoms with Crippen LogP contribution in [0.2, 0.25) is 0 Å². The zero-order valence-electron chi connectivity index (χ0n) is 11.2. The van der Waals surface area contributed by atoms with Gasteiger partial charge in [-0.15, -0.1) is 0 Å². The van der Waals surface area contributed by atoms with Gasteiger partial charge in [0.1, 0.15) is 12.7 Å². The molecule has 0 unspecified atom stereocenters. The van der Waals surface area contributed by atoms with Crippen LogP contribution in [0.4, 0.5) is 4.39 Å². The molecular weight excluding hydrogens is 247 g/mol. The van der Waals surface area contributed by atoms with Gasteiger partial charge >= 0.3 is 0 Å². The Hall–Kier alpha value is -1.91. The lowest BCUT2D eigenvalue weighted by atomic mass is 10.1. The molecule has 0 radical (unpaired) electrons.